The summed E-state index contributed by atoms with van der Waals surface area (Å²) < 4.78 is 0. The summed E-state index contributed by atoms with van der Waals surface area (Å²) in [6.45, 7) is 0. The molecule has 2 aromatic rings. The van der Waals surface area contributed by atoms with Gasteiger partial charge in [-0.3, -0.25) is 4.79 Å². The van der Waals surface area contributed by atoms with Gasteiger partial charge in [0.15, 0.2) is 0 Å². The molecule has 0 heterocycles. The van der Waals surface area contributed by atoms with Crippen LogP contribution in [0.2, 0.25) is 0 Å². The monoisotopic (exact) mass is 330 g/mol. The summed E-state index contributed by atoms with van der Waals surface area (Å²) in [5, 5.41) is 3.12. The van der Waals surface area contributed by atoms with Crippen molar-refractivity contribution < 1.29 is 4.79 Å². The van der Waals surface area contributed by atoms with E-state index in [9.17, 15) is 4.79 Å². The van der Waals surface area contributed by atoms with Crippen LogP contribution in [0.25, 0.3) is 0 Å². The number of amides is 1. The van der Waals surface area contributed by atoms with Gasteiger partial charge in [0.1, 0.15) is 0 Å². The molecular formula is C19H23ClN2O. The van der Waals surface area contributed by atoms with Crippen molar-refractivity contribution in [2.75, 3.05) is 0 Å². The number of fused-ring (bicyclic) bond motifs is 1. The predicted octanol–water partition coefficient (Wildman–Crippen LogP) is 2.65. The van der Waals surface area contributed by atoms with Crippen LogP contribution in [0.5, 0.6) is 0 Å². The fourth-order valence-electron chi connectivity index (χ4n) is 3.09. The van der Waals surface area contributed by atoms with Gasteiger partial charge in [0.2, 0.25) is 5.91 Å². The Bertz CT molecular complexity index is 645. The number of aryl methyl sites for hydroxylation is 1. The van der Waals surface area contributed by atoms with Crippen LogP contribution in [-0.4, -0.2) is 18.0 Å². The SMILES string of the molecule is Cl.NC(Cc1ccccc1)C(=O)NC1CCc2ccccc2C1. The first kappa shape index (κ1) is 17.5. The van der Waals surface area contributed by atoms with E-state index in [0.29, 0.717) is 6.42 Å². The van der Waals surface area contributed by atoms with E-state index in [1.165, 1.54) is 11.1 Å². The van der Waals surface area contributed by atoms with Crippen LogP contribution >= 0.6 is 12.4 Å². The molecule has 122 valence electrons. The Kier molecular flexibility index (Phi) is 6.20. The third-order valence-corrected chi connectivity index (χ3v) is 4.33. The highest BCUT2D eigenvalue weighted by atomic mass is 35.5. The fourth-order valence-corrected chi connectivity index (χ4v) is 3.09. The number of halogens is 1. The smallest absolute Gasteiger partial charge is 0.237 e. The lowest BCUT2D eigenvalue weighted by Gasteiger charge is -2.26. The average molecular weight is 331 g/mol. The Morgan fingerprint density at radius 3 is 2.48 bits per heavy atom. The molecule has 3 N–H and O–H groups in total. The maximum absolute atomic E-state index is 12.3. The number of rotatable bonds is 4. The van der Waals surface area contributed by atoms with Gasteiger partial charge in [-0.05, 0) is 42.4 Å². The molecule has 2 unspecified atom stereocenters. The molecule has 0 aliphatic heterocycles. The Balaban J connectivity index is 0.00000192. The first-order valence-corrected chi connectivity index (χ1v) is 7.89. The van der Waals surface area contributed by atoms with E-state index in [4.69, 9.17) is 5.73 Å². The van der Waals surface area contributed by atoms with E-state index in [1.54, 1.807) is 0 Å². The van der Waals surface area contributed by atoms with Crippen LogP contribution in [0, 0.1) is 0 Å². The first-order valence-electron chi connectivity index (χ1n) is 7.89. The molecule has 0 saturated carbocycles. The van der Waals surface area contributed by atoms with E-state index in [2.05, 4.69) is 29.6 Å². The molecule has 3 nitrogen and oxygen atoms in total. The van der Waals surface area contributed by atoms with Crippen molar-refractivity contribution >= 4 is 18.3 Å². The number of hydrogen-bond donors (Lipinski definition) is 2. The second kappa shape index (κ2) is 8.14. The molecule has 0 fully saturated rings. The van der Waals surface area contributed by atoms with E-state index in [0.717, 1.165) is 24.8 Å². The van der Waals surface area contributed by atoms with E-state index < -0.39 is 6.04 Å². The molecule has 0 radical (unpaired) electrons. The van der Waals surface area contributed by atoms with E-state index in [1.807, 2.05) is 30.3 Å². The van der Waals surface area contributed by atoms with Crippen LogP contribution in [0.3, 0.4) is 0 Å². The molecule has 0 saturated heterocycles. The fraction of sp³-hybridized carbons (Fsp3) is 0.316. The number of carbonyl (C=O) groups excluding carboxylic acids is 1. The lowest BCUT2D eigenvalue weighted by molar-refractivity contribution is -0.123. The van der Waals surface area contributed by atoms with Gasteiger partial charge in [-0.25, -0.2) is 0 Å². The van der Waals surface area contributed by atoms with Crippen molar-refractivity contribution in [3.05, 3.63) is 71.3 Å². The number of nitrogens with two attached hydrogens (primary N) is 1. The molecule has 2 atom stereocenters. The zero-order valence-electron chi connectivity index (χ0n) is 13.1. The maximum atomic E-state index is 12.3. The summed E-state index contributed by atoms with van der Waals surface area (Å²) in [5.74, 6) is -0.0479. The van der Waals surface area contributed by atoms with Gasteiger partial charge in [-0.2, -0.15) is 0 Å². The first-order chi connectivity index (χ1) is 10.7. The standard InChI is InChI=1S/C19H22N2O.ClH/c20-18(12-14-6-2-1-3-7-14)19(22)21-17-11-10-15-8-4-5-9-16(15)13-17;/h1-9,17-18H,10-13,20H2,(H,21,22);1H. The van der Waals surface area contributed by atoms with Gasteiger partial charge in [-0.1, -0.05) is 54.6 Å². The van der Waals surface area contributed by atoms with Crippen molar-refractivity contribution in [2.45, 2.75) is 37.8 Å². The van der Waals surface area contributed by atoms with Crippen LogP contribution in [0.1, 0.15) is 23.1 Å². The molecule has 1 aliphatic rings. The molecule has 1 aliphatic carbocycles. The Hall–Kier alpha value is -1.84. The quantitative estimate of drug-likeness (QED) is 0.905. The summed E-state index contributed by atoms with van der Waals surface area (Å²) in [4.78, 5) is 12.3. The van der Waals surface area contributed by atoms with Crippen LogP contribution in [0.4, 0.5) is 0 Å². The molecule has 1 amide bonds. The number of benzene rings is 2. The topological polar surface area (TPSA) is 55.1 Å². The van der Waals surface area contributed by atoms with Crippen LogP contribution in [-0.2, 0) is 24.1 Å². The van der Waals surface area contributed by atoms with Gasteiger partial charge >= 0.3 is 0 Å². The van der Waals surface area contributed by atoms with Crippen LogP contribution < -0.4 is 11.1 Å². The molecule has 2 aromatic carbocycles. The highest BCUT2D eigenvalue weighted by Gasteiger charge is 2.22. The lowest BCUT2D eigenvalue weighted by atomic mass is 9.88. The highest BCUT2D eigenvalue weighted by Crippen LogP contribution is 2.21. The molecule has 0 bridgehead atoms. The molecular weight excluding hydrogens is 308 g/mol. The predicted molar refractivity (Wildman–Crippen MR) is 95.8 cm³/mol. The van der Waals surface area contributed by atoms with Crippen molar-refractivity contribution in [1.29, 1.82) is 0 Å². The number of hydrogen-bond acceptors (Lipinski definition) is 2. The van der Waals surface area contributed by atoms with Crippen LogP contribution in [0.15, 0.2) is 54.6 Å². The normalized spacial score (nSPS) is 17.5. The Morgan fingerprint density at radius 2 is 1.74 bits per heavy atom. The minimum Gasteiger partial charge on any atom is -0.352 e. The summed E-state index contributed by atoms with van der Waals surface area (Å²) in [7, 11) is 0. The minimum absolute atomic E-state index is 0. The number of nitrogens with one attached hydrogen (secondary N) is 1. The second-order valence-electron chi connectivity index (χ2n) is 6.01. The van der Waals surface area contributed by atoms with Gasteiger partial charge in [-0.15, -0.1) is 12.4 Å². The minimum atomic E-state index is -0.487. The summed E-state index contributed by atoms with van der Waals surface area (Å²) >= 11 is 0. The van der Waals surface area contributed by atoms with Crippen molar-refractivity contribution in [3.63, 3.8) is 0 Å². The second-order valence-corrected chi connectivity index (χ2v) is 6.01. The largest absolute Gasteiger partial charge is 0.352 e. The lowest BCUT2D eigenvalue weighted by Crippen LogP contribution is -2.48. The van der Waals surface area contributed by atoms with Gasteiger partial charge < -0.3 is 11.1 Å². The van der Waals surface area contributed by atoms with Gasteiger partial charge in [0.25, 0.3) is 0 Å². The summed E-state index contributed by atoms with van der Waals surface area (Å²) in [6.07, 6.45) is 3.49. The zero-order chi connectivity index (χ0) is 15.4. The zero-order valence-corrected chi connectivity index (χ0v) is 13.9. The van der Waals surface area contributed by atoms with Crippen molar-refractivity contribution in [2.24, 2.45) is 5.73 Å². The van der Waals surface area contributed by atoms with Gasteiger partial charge in [0.05, 0.1) is 6.04 Å². The third kappa shape index (κ3) is 4.57. The van der Waals surface area contributed by atoms with E-state index in [-0.39, 0.29) is 24.4 Å². The highest BCUT2D eigenvalue weighted by molar-refractivity contribution is 5.85. The molecule has 3 rings (SSSR count). The average Bonchev–Trinajstić information content (AvgIpc) is 2.55. The molecule has 23 heavy (non-hydrogen) atoms. The molecule has 4 heteroatoms. The van der Waals surface area contributed by atoms with E-state index >= 15 is 0 Å². The third-order valence-electron chi connectivity index (χ3n) is 4.33. The van der Waals surface area contributed by atoms with Gasteiger partial charge in [0, 0.05) is 6.04 Å². The summed E-state index contributed by atoms with van der Waals surface area (Å²) in [5.41, 5.74) is 9.89. The molecule has 0 aromatic heterocycles. The maximum Gasteiger partial charge on any atom is 0.237 e. The summed E-state index contributed by atoms with van der Waals surface area (Å²) in [6, 6.07) is 18.1. The Morgan fingerprint density at radius 1 is 1.09 bits per heavy atom. The number of carbonyl (C=O) groups is 1. The van der Waals surface area contributed by atoms with Crippen molar-refractivity contribution in [3.8, 4) is 0 Å². The Labute approximate surface area is 143 Å². The molecule has 0 spiro atoms. The van der Waals surface area contributed by atoms with Crippen molar-refractivity contribution in [1.82, 2.24) is 5.32 Å².